The highest BCUT2D eigenvalue weighted by Gasteiger charge is 2.32. The van der Waals surface area contributed by atoms with E-state index in [0.29, 0.717) is 13.2 Å². The van der Waals surface area contributed by atoms with Crippen molar-refractivity contribution in [2.75, 3.05) is 13.2 Å². The molecule has 0 spiro atoms. The number of benzene rings is 2. The Morgan fingerprint density at radius 2 is 2.00 bits per heavy atom. The fourth-order valence-corrected chi connectivity index (χ4v) is 4.06. The lowest BCUT2D eigenvalue weighted by Crippen LogP contribution is -2.31. The Hall–Kier alpha value is -3.36. The lowest BCUT2D eigenvalue weighted by atomic mass is 9.74. The van der Waals surface area contributed by atoms with Gasteiger partial charge in [-0.1, -0.05) is 24.3 Å². The zero-order valence-corrected chi connectivity index (χ0v) is 16.9. The van der Waals surface area contributed by atoms with Crippen LogP contribution in [0.25, 0.3) is 10.9 Å². The van der Waals surface area contributed by atoms with Crippen LogP contribution < -0.4 is 10.3 Å². The van der Waals surface area contributed by atoms with Crippen molar-refractivity contribution < 1.29 is 9.47 Å². The average molecular weight is 400 g/mol. The van der Waals surface area contributed by atoms with Crippen LogP contribution in [0.3, 0.4) is 0 Å². The summed E-state index contributed by atoms with van der Waals surface area (Å²) in [6.45, 7) is 3.37. The van der Waals surface area contributed by atoms with Crippen LogP contribution in [-0.4, -0.2) is 18.2 Å². The zero-order chi connectivity index (χ0) is 21.0. The predicted molar refractivity (Wildman–Crippen MR) is 117 cm³/mol. The first kappa shape index (κ1) is 19.9. The number of fused-ring (bicyclic) bond motifs is 1. The largest absolute Gasteiger partial charge is 0.486 e. The molecule has 5 heteroatoms. The Labute approximate surface area is 175 Å². The fraction of sp³-hybridized carbons (Fsp3) is 0.280. The molecule has 2 heterocycles. The van der Waals surface area contributed by atoms with Crippen LogP contribution in [0, 0.1) is 11.3 Å². The molecule has 1 unspecified atom stereocenters. The summed E-state index contributed by atoms with van der Waals surface area (Å²) >= 11 is 0. The van der Waals surface area contributed by atoms with Crippen LogP contribution in [0.4, 0.5) is 0 Å². The number of nitrogens with one attached hydrogen (secondary N) is 1. The number of nitrogens with zero attached hydrogens (tertiary/aromatic N) is 1. The molecule has 1 atom stereocenters. The van der Waals surface area contributed by atoms with E-state index < -0.39 is 0 Å². The highest BCUT2D eigenvalue weighted by atomic mass is 16.5. The Balaban J connectivity index is 1.59. The summed E-state index contributed by atoms with van der Waals surface area (Å²) < 4.78 is 11.8. The normalized spacial score (nSPS) is 16.9. The van der Waals surface area contributed by atoms with Crippen LogP contribution in [0.5, 0.6) is 5.75 Å². The first-order valence-corrected chi connectivity index (χ1v) is 10.1. The van der Waals surface area contributed by atoms with Crippen LogP contribution in [0.15, 0.2) is 71.5 Å². The Morgan fingerprint density at radius 1 is 1.17 bits per heavy atom. The third-order valence-corrected chi connectivity index (χ3v) is 5.80. The summed E-state index contributed by atoms with van der Waals surface area (Å²) in [5.74, 6) is 0.790. The number of ether oxygens (including phenoxy) is 2. The number of pyridine rings is 1. The number of nitriles is 1. The third kappa shape index (κ3) is 4.14. The molecule has 0 radical (unpaired) electrons. The van der Waals surface area contributed by atoms with Gasteiger partial charge in [0.25, 0.3) is 0 Å². The maximum Gasteiger partial charge on any atom is 0.248 e. The molecule has 152 valence electrons. The lowest BCUT2D eigenvalue weighted by molar-refractivity contribution is 0.0653. The van der Waals surface area contributed by atoms with E-state index in [4.69, 9.17) is 14.7 Å². The van der Waals surface area contributed by atoms with E-state index in [9.17, 15) is 4.79 Å². The van der Waals surface area contributed by atoms with Gasteiger partial charge in [0.15, 0.2) is 0 Å². The summed E-state index contributed by atoms with van der Waals surface area (Å²) in [5, 5.41) is 10.0. The SMILES string of the molecule is CC(Oc1cccc(C2(/C=C/C#N)CCOCC2)c1)c1ccc2[nH]c(=O)ccc2c1. The van der Waals surface area contributed by atoms with Crippen LogP contribution in [0.2, 0.25) is 0 Å². The van der Waals surface area contributed by atoms with Crippen LogP contribution in [-0.2, 0) is 10.2 Å². The van der Waals surface area contributed by atoms with Crippen molar-refractivity contribution in [1.82, 2.24) is 4.98 Å². The molecular formula is C25H24N2O3. The number of H-pyrrole nitrogens is 1. The molecule has 0 bridgehead atoms. The molecule has 2 aromatic carbocycles. The molecule has 0 aliphatic carbocycles. The molecule has 3 aromatic rings. The van der Waals surface area contributed by atoms with E-state index in [0.717, 1.165) is 40.6 Å². The molecule has 1 aromatic heterocycles. The highest BCUT2D eigenvalue weighted by Crippen LogP contribution is 2.38. The van der Waals surface area contributed by atoms with Crippen molar-refractivity contribution in [2.24, 2.45) is 0 Å². The van der Waals surface area contributed by atoms with Crippen molar-refractivity contribution in [1.29, 1.82) is 5.26 Å². The quantitative estimate of drug-likeness (QED) is 0.625. The Morgan fingerprint density at radius 3 is 2.80 bits per heavy atom. The smallest absolute Gasteiger partial charge is 0.248 e. The first-order valence-electron chi connectivity index (χ1n) is 10.1. The Kier molecular flexibility index (Phi) is 5.69. The summed E-state index contributed by atoms with van der Waals surface area (Å²) in [5.41, 5.74) is 2.67. The minimum Gasteiger partial charge on any atom is -0.486 e. The van der Waals surface area contributed by atoms with E-state index in [1.165, 1.54) is 6.07 Å². The van der Waals surface area contributed by atoms with Gasteiger partial charge in [-0.05, 0) is 66.6 Å². The van der Waals surface area contributed by atoms with Gasteiger partial charge < -0.3 is 14.5 Å². The van der Waals surface area contributed by atoms with Gasteiger partial charge in [0, 0.05) is 36.3 Å². The summed E-state index contributed by atoms with van der Waals surface area (Å²) in [4.78, 5) is 14.3. The number of hydrogen-bond acceptors (Lipinski definition) is 4. The average Bonchev–Trinajstić information content (AvgIpc) is 2.78. The maximum absolute atomic E-state index is 11.5. The van der Waals surface area contributed by atoms with Gasteiger partial charge in [0.1, 0.15) is 11.9 Å². The number of aromatic amines is 1. The van der Waals surface area contributed by atoms with E-state index in [-0.39, 0.29) is 17.1 Å². The van der Waals surface area contributed by atoms with Gasteiger partial charge in [-0.2, -0.15) is 5.26 Å². The zero-order valence-electron chi connectivity index (χ0n) is 16.9. The lowest BCUT2D eigenvalue weighted by Gasteiger charge is -2.35. The van der Waals surface area contributed by atoms with Crippen LogP contribution >= 0.6 is 0 Å². The second-order valence-corrected chi connectivity index (χ2v) is 7.69. The summed E-state index contributed by atoms with van der Waals surface area (Å²) in [6, 6.07) is 19.5. The van der Waals surface area contributed by atoms with Crippen molar-refractivity contribution in [3.05, 3.63) is 88.2 Å². The molecule has 30 heavy (non-hydrogen) atoms. The van der Waals surface area contributed by atoms with Crippen LogP contribution in [0.1, 0.15) is 37.0 Å². The molecule has 5 nitrogen and oxygen atoms in total. The third-order valence-electron chi connectivity index (χ3n) is 5.80. The first-order chi connectivity index (χ1) is 14.6. The van der Waals surface area contributed by atoms with Crippen molar-refractivity contribution in [2.45, 2.75) is 31.3 Å². The van der Waals surface area contributed by atoms with Gasteiger partial charge in [-0.3, -0.25) is 4.79 Å². The van der Waals surface area contributed by atoms with E-state index in [1.54, 1.807) is 6.08 Å². The molecule has 1 saturated heterocycles. The number of rotatable bonds is 5. The predicted octanol–water partition coefficient (Wildman–Crippen LogP) is 4.80. The monoisotopic (exact) mass is 400 g/mol. The number of aromatic nitrogens is 1. The summed E-state index contributed by atoms with van der Waals surface area (Å²) in [7, 11) is 0. The van der Waals surface area contributed by atoms with E-state index >= 15 is 0 Å². The standard InChI is InChI=1S/C25H24N2O3/c1-18(19-6-8-23-20(16-19)7-9-24(28)27-23)30-22-5-2-4-21(17-22)25(10-3-13-26)11-14-29-15-12-25/h2-10,16-18H,11-12,14-15H2,1H3,(H,27,28)/b10-3+. The van der Waals surface area contributed by atoms with Gasteiger partial charge >= 0.3 is 0 Å². The molecule has 1 fully saturated rings. The number of allylic oxidation sites excluding steroid dienone is 2. The Bertz CT molecular complexity index is 1170. The topological polar surface area (TPSA) is 75.1 Å². The molecule has 0 saturated carbocycles. The van der Waals surface area contributed by atoms with Crippen molar-refractivity contribution >= 4 is 10.9 Å². The van der Waals surface area contributed by atoms with Crippen molar-refractivity contribution in [3.8, 4) is 11.8 Å². The van der Waals surface area contributed by atoms with Gasteiger partial charge in [-0.15, -0.1) is 0 Å². The second kappa shape index (κ2) is 8.56. The molecule has 0 amide bonds. The molecule has 1 aliphatic heterocycles. The van der Waals surface area contributed by atoms with Gasteiger partial charge in [-0.25, -0.2) is 0 Å². The molecule has 4 rings (SSSR count). The molecule has 1 aliphatic rings. The number of hydrogen-bond donors (Lipinski definition) is 1. The van der Waals surface area contributed by atoms with Gasteiger partial charge in [0.2, 0.25) is 5.56 Å². The molecular weight excluding hydrogens is 376 g/mol. The van der Waals surface area contributed by atoms with Gasteiger partial charge in [0.05, 0.1) is 6.07 Å². The highest BCUT2D eigenvalue weighted by molar-refractivity contribution is 5.79. The minimum atomic E-state index is -0.203. The fourth-order valence-electron chi connectivity index (χ4n) is 4.06. The summed E-state index contributed by atoms with van der Waals surface area (Å²) in [6.07, 6.45) is 5.10. The second-order valence-electron chi connectivity index (χ2n) is 7.69. The van der Waals surface area contributed by atoms with E-state index in [1.807, 2.05) is 49.4 Å². The molecule has 1 N–H and O–H groups in total. The van der Waals surface area contributed by atoms with E-state index in [2.05, 4.69) is 23.2 Å². The van der Waals surface area contributed by atoms with Crippen molar-refractivity contribution in [3.63, 3.8) is 0 Å². The maximum atomic E-state index is 11.5. The minimum absolute atomic E-state index is 0.108.